The van der Waals surface area contributed by atoms with E-state index in [1.165, 1.54) is 24.3 Å². The lowest BCUT2D eigenvalue weighted by Gasteiger charge is -2.05. The summed E-state index contributed by atoms with van der Waals surface area (Å²) in [4.78, 5) is 15.3. The average Bonchev–Trinajstić information content (AvgIpc) is 2.88. The molecule has 0 fully saturated rings. The summed E-state index contributed by atoms with van der Waals surface area (Å²) >= 11 is 7.17. The molecule has 4 nitrogen and oxygen atoms in total. The Bertz CT molecular complexity index is 825. The Labute approximate surface area is 140 Å². The predicted octanol–water partition coefficient (Wildman–Crippen LogP) is 4.63. The number of fused-ring (bicyclic) bond motifs is 1. The fraction of sp³-hybridized carbons (Fsp3) is 0.125. The van der Waals surface area contributed by atoms with Crippen molar-refractivity contribution in [3.05, 3.63) is 52.2 Å². The van der Waals surface area contributed by atoms with Crippen LogP contribution < -0.4 is 10.1 Å². The molecule has 0 aliphatic rings. The van der Waals surface area contributed by atoms with E-state index in [0.717, 1.165) is 9.71 Å². The molecule has 23 heavy (non-hydrogen) atoms. The Morgan fingerprint density at radius 3 is 2.78 bits per heavy atom. The number of nitrogens with zero attached hydrogens (tertiary/aromatic N) is 1. The molecule has 0 spiro atoms. The largest absolute Gasteiger partial charge is 0.486 e. The average molecular weight is 351 g/mol. The maximum atomic E-state index is 13.4. The summed E-state index contributed by atoms with van der Waals surface area (Å²) in [6.45, 7) is 1.73. The fourth-order valence-electron chi connectivity index (χ4n) is 2.02. The molecule has 0 aliphatic carbocycles. The number of benzene rings is 2. The quantitative estimate of drug-likeness (QED) is 0.746. The normalized spacial score (nSPS) is 10.7. The van der Waals surface area contributed by atoms with Crippen molar-refractivity contribution in [3.63, 3.8) is 0 Å². The van der Waals surface area contributed by atoms with Crippen molar-refractivity contribution >= 4 is 44.7 Å². The molecular weight excluding hydrogens is 339 g/mol. The Balaban J connectivity index is 1.69. The first-order valence-electron chi connectivity index (χ1n) is 6.76. The van der Waals surface area contributed by atoms with Crippen molar-refractivity contribution in [2.24, 2.45) is 0 Å². The Morgan fingerprint density at radius 1 is 1.35 bits per heavy atom. The fourth-order valence-corrected chi connectivity index (χ4v) is 3.15. The maximum Gasteiger partial charge on any atom is 0.221 e. The molecule has 0 saturated heterocycles. The number of hydrogen-bond acceptors (Lipinski definition) is 4. The molecule has 3 aromatic rings. The van der Waals surface area contributed by atoms with Crippen LogP contribution in [0.25, 0.3) is 10.2 Å². The summed E-state index contributed by atoms with van der Waals surface area (Å²) in [5, 5.41) is 3.50. The number of rotatable bonds is 4. The van der Waals surface area contributed by atoms with Crippen LogP contribution in [0.4, 0.5) is 10.1 Å². The van der Waals surface area contributed by atoms with Gasteiger partial charge in [-0.2, -0.15) is 0 Å². The van der Waals surface area contributed by atoms with Crippen LogP contribution in [0, 0.1) is 5.82 Å². The summed E-state index contributed by atoms with van der Waals surface area (Å²) in [7, 11) is 0. The predicted molar refractivity (Wildman–Crippen MR) is 89.7 cm³/mol. The van der Waals surface area contributed by atoms with Crippen molar-refractivity contribution in [3.8, 4) is 5.75 Å². The third kappa shape index (κ3) is 3.78. The van der Waals surface area contributed by atoms with Gasteiger partial charge in [0.25, 0.3) is 0 Å². The molecule has 0 unspecified atom stereocenters. The minimum atomic E-state index is -0.481. The smallest absolute Gasteiger partial charge is 0.221 e. The summed E-state index contributed by atoms with van der Waals surface area (Å²) in [6.07, 6.45) is 0. The molecule has 118 valence electrons. The maximum absolute atomic E-state index is 13.4. The molecule has 7 heteroatoms. The molecule has 0 aliphatic heterocycles. The van der Waals surface area contributed by atoms with Gasteiger partial charge >= 0.3 is 0 Å². The van der Waals surface area contributed by atoms with E-state index < -0.39 is 5.82 Å². The number of nitrogens with one attached hydrogen (secondary N) is 1. The Kier molecular flexibility index (Phi) is 4.45. The molecule has 1 amide bonds. The minimum absolute atomic E-state index is 0.0854. The van der Waals surface area contributed by atoms with Crippen molar-refractivity contribution in [1.82, 2.24) is 4.98 Å². The highest BCUT2D eigenvalue weighted by atomic mass is 35.5. The standard InChI is InChI=1S/C16H12ClFN2O2S/c1-9(21)19-10-2-4-11(5-3-10)22-8-16-20-14-7-13(18)12(17)6-15(14)23-16/h2-7H,8H2,1H3,(H,19,21). The lowest BCUT2D eigenvalue weighted by molar-refractivity contribution is -0.114. The monoisotopic (exact) mass is 350 g/mol. The van der Waals surface area contributed by atoms with Crippen molar-refractivity contribution in [2.75, 3.05) is 5.32 Å². The third-order valence-corrected chi connectivity index (χ3v) is 4.29. The number of anilines is 1. The molecule has 1 N–H and O–H groups in total. The number of carbonyl (C=O) groups excluding carboxylic acids is 1. The Hall–Kier alpha value is -2.18. The lowest BCUT2D eigenvalue weighted by atomic mass is 10.3. The molecule has 0 bridgehead atoms. The van der Waals surface area contributed by atoms with Gasteiger partial charge in [0.2, 0.25) is 5.91 Å². The number of ether oxygens (including phenoxy) is 1. The number of thiazole rings is 1. The number of aromatic nitrogens is 1. The van der Waals surface area contributed by atoms with Gasteiger partial charge in [0, 0.05) is 18.7 Å². The number of hydrogen-bond donors (Lipinski definition) is 1. The highest BCUT2D eigenvalue weighted by Crippen LogP contribution is 2.28. The van der Waals surface area contributed by atoms with Crippen molar-refractivity contribution < 1.29 is 13.9 Å². The van der Waals surface area contributed by atoms with Crippen LogP contribution in [-0.2, 0) is 11.4 Å². The van der Waals surface area contributed by atoms with E-state index in [4.69, 9.17) is 16.3 Å². The van der Waals surface area contributed by atoms with Gasteiger partial charge in [-0.25, -0.2) is 9.37 Å². The molecule has 3 rings (SSSR count). The number of amides is 1. The van der Waals surface area contributed by atoms with E-state index in [1.807, 2.05) is 0 Å². The first-order valence-corrected chi connectivity index (χ1v) is 7.95. The van der Waals surface area contributed by atoms with Crippen molar-refractivity contribution in [1.29, 1.82) is 0 Å². The highest BCUT2D eigenvalue weighted by molar-refractivity contribution is 7.18. The van der Waals surface area contributed by atoms with Crippen LogP contribution in [0.1, 0.15) is 11.9 Å². The van der Waals surface area contributed by atoms with Crippen LogP contribution in [0.2, 0.25) is 5.02 Å². The van der Waals surface area contributed by atoms with E-state index in [2.05, 4.69) is 10.3 Å². The molecule has 2 aromatic carbocycles. The molecule has 0 atom stereocenters. The summed E-state index contributed by atoms with van der Waals surface area (Å²) in [5.74, 6) is 0.0482. The van der Waals surface area contributed by atoms with Crippen LogP contribution in [0.5, 0.6) is 5.75 Å². The SMILES string of the molecule is CC(=O)Nc1ccc(OCc2nc3cc(F)c(Cl)cc3s2)cc1. The topological polar surface area (TPSA) is 51.2 Å². The molecule has 0 radical (unpaired) electrons. The zero-order valence-corrected chi connectivity index (χ0v) is 13.7. The summed E-state index contributed by atoms with van der Waals surface area (Å²) < 4.78 is 19.9. The molecular formula is C16H12ClFN2O2S. The molecule has 1 aromatic heterocycles. The van der Waals surface area contributed by atoms with Crippen molar-refractivity contribution in [2.45, 2.75) is 13.5 Å². The van der Waals surface area contributed by atoms with Crippen LogP contribution in [0.15, 0.2) is 36.4 Å². The first-order chi connectivity index (χ1) is 11.0. The van der Waals surface area contributed by atoms with Crippen LogP contribution in [0.3, 0.4) is 0 Å². The van der Waals surface area contributed by atoms with Gasteiger partial charge in [0.05, 0.1) is 15.2 Å². The zero-order chi connectivity index (χ0) is 16.4. The summed E-state index contributed by atoms with van der Waals surface area (Å²) in [6, 6.07) is 9.91. The van der Waals surface area contributed by atoms with E-state index in [-0.39, 0.29) is 17.5 Å². The van der Waals surface area contributed by atoms with Crippen LogP contribution in [-0.4, -0.2) is 10.9 Å². The second-order valence-electron chi connectivity index (χ2n) is 4.84. The van der Waals surface area contributed by atoms with E-state index >= 15 is 0 Å². The zero-order valence-electron chi connectivity index (χ0n) is 12.1. The van der Waals surface area contributed by atoms with Gasteiger partial charge < -0.3 is 10.1 Å². The third-order valence-electron chi connectivity index (χ3n) is 3.01. The molecule has 1 heterocycles. The second kappa shape index (κ2) is 6.52. The van der Waals surface area contributed by atoms with E-state index in [9.17, 15) is 9.18 Å². The van der Waals surface area contributed by atoms with Gasteiger partial charge in [-0.05, 0) is 30.3 Å². The number of halogens is 2. The van der Waals surface area contributed by atoms with Gasteiger partial charge in [-0.15, -0.1) is 11.3 Å². The van der Waals surface area contributed by atoms with E-state index in [0.29, 0.717) is 17.0 Å². The Morgan fingerprint density at radius 2 is 2.09 bits per heavy atom. The number of carbonyl (C=O) groups is 1. The highest BCUT2D eigenvalue weighted by Gasteiger charge is 2.09. The summed E-state index contributed by atoms with van der Waals surface area (Å²) in [5.41, 5.74) is 1.27. The molecule has 0 saturated carbocycles. The first kappa shape index (κ1) is 15.7. The van der Waals surface area contributed by atoms with E-state index in [1.54, 1.807) is 30.3 Å². The minimum Gasteiger partial charge on any atom is -0.486 e. The van der Waals surface area contributed by atoms with Gasteiger partial charge in [-0.1, -0.05) is 11.6 Å². The van der Waals surface area contributed by atoms with Gasteiger partial charge in [0.15, 0.2) is 0 Å². The second-order valence-corrected chi connectivity index (χ2v) is 6.36. The lowest BCUT2D eigenvalue weighted by Crippen LogP contribution is -2.05. The van der Waals surface area contributed by atoms with Crippen LogP contribution >= 0.6 is 22.9 Å². The van der Waals surface area contributed by atoms with Gasteiger partial charge in [0.1, 0.15) is 23.2 Å². The van der Waals surface area contributed by atoms with Gasteiger partial charge in [-0.3, -0.25) is 4.79 Å².